The minimum Gasteiger partial charge on any atom is -0.348 e. The summed E-state index contributed by atoms with van der Waals surface area (Å²) in [5.74, 6) is -1.10. The number of aromatic nitrogens is 2. The third-order valence-corrected chi connectivity index (χ3v) is 6.77. The molecule has 1 aromatic carbocycles. The van der Waals surface area contributed by atoms with Crippen LogP contribution < -0.4 is 5.32 Å². The van der Waals surface area contributed by atoms with Crippen LogP contribution in [0.15, 0.2) is 41.8 Å². The zero-order valence-electron chi connectivity index (χ0n) is 17.5. The van der Waals surface area contributed by atoms with Crippen LogP contribution in [0.5, 0.6) is 0 Å². The van der Waals surface area contributed by atoms with Crippen molar-refractivity contribution in [2.45, 2.75) is 39.8 Å². The molecule has 1 aliphatic rings. The zero-order valence-corrected chi connectivity index (χ0v) is 18.3. The lowest BCUT2D eigenvalue weighted by Crippen LogP contribution is -2.45. The molecule has 6 nitrogen and oxygen atoms in total. The fourth-order valence-electron chi connectivity index (χ4n) is 4.00. The molecule has 7 heteroatoms. The van der Waals surface area contributed by atoms with Gasteiger partial charge in [0.15, 0.2) is 0 Å². The first-order valence-electron chi connectivity index (χ1n) is 10.2. The maximum absolute atomic E-state index is 12.9. The summed E-state index contributed by atoms with van der Waals surface area (Å²) < 4.78 is 1.71. The molecule has 1 atom stereocenters. The van der Waals surface area contributed by atoms with Crippen molar-refractivity contribution < 1.29 is 9.59 Å². The molecule has 1 aliphatic heterocycles. The number of benzene rings is 1. The maximum Gasteiger partial charge on any atom is 0.292 e. The van der Waals surface area contributed by atoms with Crippen molar-refractivity contribution in [2.75, 3.05) is 13.1 Å². The minimum absolute atomic E-state index is 0.157. The number of carbonyl (C=O) groups excluding carboxylic acids is 2. The van der Waals surface area contributed by atoms with Gasteiger partial charge in [0.05, 0.1) is 22.6 Å². The van der Waals surface area contributed by atoms with Gasteiger partial charge in [0.2, 0.25) is 0 Å². The molecule has 0 spiro atoms. The van der Waals surface area contributed by atoms with Crippen LogP contribution in [0.3, 0.4) is 0 Å². The Kier molecular flexibility index (Phi) is 5.83. The van der Waals surface area contributed by atoms with Crippen LogP contribution in [-0.4, -0.2) is 45.5 Å². The number of Topliss-reactive ketones (excluding diaryl/α,β-unsaturated/α-hetero) is 1. The molecule has 1 amide bonds. The van der Waals surface area contributed by atoms with E-state index in [2.05, 4.69) is 33.7 Å². The highest BCUT2D eigenvalue weighted by Crippen LogP contribution is 2.25. The normalized spacial score (nSPS) is 14.9. The van der Waals surface area contributed by atoms with Gasteiger partial charge in [0.25, 0.3) is 11.7 Å². The van der Waals surface area contributed by atoms with E-state index < -0.39 is 11.7 Å². The highest BCUT2D eigenvalue weighted by molar-refractivity contribution is 7.10. The van der Waals surface area contributed by atoms with Crippen LogP contribution in [0, 0.1) is 13.8 Å². The molecule has 0 fully saturated rings. The Morgan fingerprint density at radius 1 is 1.20 bits per heavy atom. The molecule has 2 aromatic heterocycles. The topological polar surface area (TPSA) is 67.2 Å². The number of amides is 1. The second-order valence-electron chi connectivity index (χ2n) is 7.77. The molecular weight excluding hydrogens is 396 g/mol. The molecule has 0 saturated heterocycles. The molecule has 0 saturated carbocycles. The van der Waals surface area contributed by atoms with Crippen molar-refractivity contribution in [3.05, 3.63) is 69.2 Å². The van der Waals surface area contributed by atoms with Gasteiger partial charge in [-0.05, 0) is 56.3 Å². The molecule has 0 radical (unpaired) electrons. The van der Waals surface area contributed by atoms with Crippen LogP contribution in [0.2, 0.25) is 0 Å². The summed E-state index contributed by atoms with van der Waals surface area (Å²) in [5.41, 5.74) is 3.85. The second kappa shape index (κ2) is 8.53. The molecule has 4 rings (SSSR count). The lowest BCUT2D eigenvalue weighted by molar-refractivity contribution is -0.117. The standard InChI is InChI=1S/C23H26N4O2S/c1-15(26-11-9-20-18(14-26)10-12-30-20)13-24-23(29)22(28)21-16(2)25-27(17(21)3)19-7-5-4-6-8-19/h4-8,10,12,15H,9,11,13-14H2,1-3H3,(H,24,29). The number of thiophene rings is 1. The number of fused-ring (bicyclic) bond motifs is 1. The number of ketones is 1. The van der Waals surface area contributed by atoms with Crippen LogP contribution in [0.25, 0.3) is 5.69 Å². The van der Waals surface area contributed by atoms with E-state index in [1.807, 2.05) is 48.6 Å². The summed E-state index contributed by atoms with van der Waals surface area (Å²) in [6.07, 6.45) is 1.04. The second-order valence-corrected chi connectivity index (χ2v) is 8.77. The largest absolute Gasteiger partial charge is 0.348 e. The molecule has 3 heterocycles. The summed E-state index contributed by atoms with van der Waals surface area (Å²) >= 11 is 1.81. The van der Waals surface area contributed by atoms with E-state index in [0.717, 1.165) is 25.2 Å². The van der Waals surface area contributed by atoms with Gasteiger partial charge >= 0.3 is 0 Å². The van der Waals surface area contributed by atoms with Crippen LogP contribution in [0.1, 0.15) is 39.1 Å². The van der Waals surface area contributed by atoms with Gasteiger partial charge in [0, 0.05) is 30.6 Å². The van der Waals surface area contributed by atoms with Gasteiger partial charge in [-0.1, -0.05) is 18.2 Å². The van der Waals surface area contributed by atoms with E-state index in [-0.39, 0.29) is 6.04 Å². The summed E-state index contributed by atoms with van der Waals surface area (Å²) in [6, 6.07) is 11.9. The van der Waals surface area contributed by atoms with Crippen LogP contribution in [-0.2, 0) is 17.8 Å². The minimum atomic E-state index is -0.575. The maximum atomic E-state index is 12.9. The van der Waals surface area contributed by atoms with E-state index in [1.165, 1.54) is 10.4 Å². The van der Waals surface area contributed by atoms with E-state index in [4.69, 9.17) is 0 Å². The third-order valence-electron chi connectivity index (χ3n) is 5.74. The van der Waals surface area contributed by atoms with Crippen molar-refractivity contribution in [3.63, 3.8) is 0 Å². The van der Waals surface area contributed by atoms with E-state index in [9.17, 15) is 9.59 Å². The molecule has 3 aromatic rings. The Morgan fingerprint density at radius 2 is 1.97 bits per heavy atom. The monoisotopic (exact) mass is 422 g/mol. The van der Waals surface area contributed by atoms with E-state index in [1.54, 1.807) is 11.6 Å². The first kappa shape index (κ1) is 20.5. The quantitative estimate of drug-likeness (QED) is 0.489. The van der Waals surface area contributed by atoms with Gasteiger partial charge in [0.1, 0.15) is 0 Å². The highest BCUT2D eigenvalue weighted by Gasteiger charge is 2.26. The molecule has 0 aliphatic carbocycles. The highest BCUT2D eigenvalue weighted by atomic mass is 32.1. The number of nitrogens with one attached hydrogen (secondary N) is 1. The molecular formula is C23H26N4O2S. The zero-order chi connectivity index (χ0) is 21.3. The van der Waals surface area contributed by atoms with Crippen molar-refractivity contribution >= 4 is 23.0 Å². The third kappa shape index (κ3) is 3.95. The molecule has 30 heavy (non-hydrogen) atoms. The smallest absolute Gasteiger partial charge is 0.292 e. The number of nitrogens with zero attached hydrogens (tertiary/aromatic N) is 3. The first-order valence-corrected chi connectivity index (χ1v) is 11.1. The average Bonchev–Trinajstić information content (AvgIpc) is 3.35. The summed E-state index contributed by atoms with van der Waals surface area (Å²) in [6.45, 7) is 7.98. The van der Waals surface area contributed by atoms with Gasteiger partial charge in [-0.15, -0.1) is 11.3 Å². The average molecular weight is 423 g/mol. The Hall–Kier alpha value is -2.77. The predicted octanol–water partition coefficient (Wildman–Crippen LogP) is 3.30. The van der Waals surface area contributed by atoms with E-state index >= 15 is 0 Å². The van der Waals surface area contributed by atoms with Crippen molar-refractivity contribution in [3.8, 4) is 5.69 Å². The van der Waals surface area contributed by atoms with Crippen molar-refractivity contribution in [1.82, 2.24) is 20.0 Å². The SMILES string of the molecule is Cc1nn(-c2ccccc2)c(C)c1C(=O)C(=O)NCC(C)N1CCc2sccc2C1. The fourth-order valence-corrected chi connectivity index (χ4v) is 4.89. The van der Waals surface area contributed by atoms with E-state index in [0.29, 0.717) is 23.5 Å². The lowest BCUT2D eigenvalue weighted by Gasteiger charge is -2.32. The molecule has 1 unspecified atom stereocenters. The van der Waals surface area contributed by atoms with Gasteiger partial charge in [-0.25, -0.2) is 4.68 Å². The first-order chi connectivity index (χ1) is 14.5. The van der Waals surface area contributed by atoms with Crippen LogP contribution >= 0.6 is 11.3 Å². The molecule has 1 N–H and O–H groups in total. The Bertz CT molecular complexity index is 1070. The van der Waals surface area contributed by atoms with Gasteiger partial charge in [-0.3, -0.25) is 14.5 Å². The number of hydrogen-bond donors (Lipinski definition) is 1. The fraction of sp³-hybridized carbons (Fsp3) is 0.348. The lowest BCUT2D eigenvalue weighted by atomic mass is 10.1. The Labute approximate surface area is 180 Å². The molecule has 156 valence electrons. The molecule has 0 bridgehead atoms. The Morgan fingerprint density at radius 3 is 2.73 bits per heavy atom. The number of carbonyl (C=O) groups is 2. The van der Waals surface area contributed by atoms with Crippen molar-refractivity contribution in [1.29, 1.82) is 0 Å². The van der Waals surface area contributed by atoms with Gasteiger partial charge in [-0.2, -0.15) is 5.10 Å². The summed E-state index contributed by atoms with van der Waals surface area (Å²) in [7, 11) is 0. The number of rotatable bonds is 6. The van der Waals surface area contributed by atoms with Crippen molar-refractivity contribution in [2.24, 2.45) is 0 Å². The summed E-state index contributed by atoms with van der Waals surface area (Å²) in [4.78, 5) is 29.3. The number of aryl methyl sites for hydroxylation is 1. The Balaban J connectivity index is 1.41. The van der Waals surface area contributed by atoms with Gasteiger partial charge < -0.3 is 5.32 Å². The predicted molar refractivity (Wildman–Crippen MR) is 118 cm³/mol. The number of hydrogen-bond acceptors (Lipinski definition) is 5. The summed E-state index contributed by atoms with van der Waals surface area (Å²) in [5, 5.41) is 9.45. The van der Waals surface area contributed by atoms with Crippen LogP contribution in [0.4, 0.5) is 0 Å². The number of para-hydroxylation sites is 1.